The topological polar surface area (TPSA) is 35.2 Å². The van der Waals surface area contributed by atoms with E-state index in [1.54, 1.807) is 0 Å². The van der Waals surface area contributed by atoms with Gasteiger partial charge in [-0.05, 0) is 55.2 Å². The minimum Gasteiger partial charge on any atom is -0.375 e. The largest absolute Gasteiger partial charge is 0.375 e. The van der Waals surface area contributed by atoms with Gasteiger partial charge >= 0.3 is 0 Å². The minimum atomic E-state index is 0.156. The summed E-state index contributed by atoms with van der Waals surface area (Å²) in [7, 11) is 0. The molecule has 0 amide bonds. The molecule has 2 unspecified atom stereocenters. The third-order valence-corrected chi connectivity index (χ3v) is 6.87. The highest BCUT2D eigenvalue weighted by Crippen LogP contribution is 2.40. The van der Waals surface area contributed by atoms with Gasteiger partial charge in [-0.15, -0.1) is 11.8 Å². The molecule has 3 rings (SSSR count). The molecular weight excluding hydrogens is 298 g/mol. The normalized spacial score (nSPS) is 26.6. The first-order valence-corrected chi connectivity index (χ1v) is 10.1. The molecule has 2 aliphatic heterocycles. The number of benzene rings is 1. The summed E-state index contributed by atoms with van der Waals surface area (Å²) < 4.78 is 6.17. The van der Waals surface area contributed by atoms with Gasteiger partial charge in [0.15, 0.2) is 0 Å². The highest BCUT2D eigenvalue weighted by Gasteiger charge is 2.40. The van der Waals surface area contributed by atoms with Gasteiger partial charge in [-0.2, -0.15) is 11.8 Å². The van der Waals surface area contributed by atoms with Gasteiger partial charge < -0.3 is 10.5 Å². The average molecular weight is 324 g/mol. The Morgan fingerprint density at radius 3 is 2.81 bits per heavy atom. The Hall–Kier alpha value is -0.160. The van der Waals surface area contributed by atoms with E-state index >= 15 is 0 Å². The molecule has 0 aromatic heterocycles. The number of ether oxygens (including phenoxy) is 1. The molecule has 2 aliphatic rings. The summed E-state index contributed by atoms with van der Waals surface area (Å²) in [5.74, 6) is 4.14. The number of hydrogen-bond acceptors (Lipinski definition) is 4. The minimum absolute atomic E-state index is 0.156. The van der Waals surface area contributed by atoms with Gasteiger partial charge in [0.25, 0.3) is 0 Å². The Morgan fingerprint density at radius 2 is 2.05 bits per heavy atom. The predicted octanol–water partition coefficient (Wildman–Crippen LogP) is 3.80. The maximum Gasteiger partial charge on any atom is 0.0701 e. The van der Waals surface area contributed by atoms with E-state index in [9.17, 15) is 0 Å². The Morgan fingerprint density at radius 1 is 1.29 bits per heavy atom. The third kappa shape index (κ3) is 4.19. The number of hydrogen-bond donors (Lipinski definition) is 1. The Balaban J connectivity index is 1.53. The zero-order chi connectivity index (χ0) is 14.5. The van der Waals surface area contributed by atoms with Crippen LogP contribution >= 0.6 is 23.5 Å². The first-order valence-electron chi connectivity index (χ1n) is 7.93. The zero-order valence-electron chi connectivity index (χ0n) is 12.5. The van der Waals surface area contributed by atoms with Crippen LogP contribution in [-0.2, 0) is 4.74 Å². The second-order valence-corrected chi connectivity index (χ2v) is 8.50. The first-order chi connectivity index (χ1) is 10.3. The average Bonchev–Trinajstić information content (AvgIpc) is 2.54. The summed E-state index contributed by atoms with van der Waals surface area (Å²) in [6.45, 7) is 0.902. The second-order valence-electron chi connectivity index (χ2n) is 6.18. The molecule has 0 radical (unpaired) electrons. The van der Waals surface area contributed by atoms with Gasteiger partial charge in [0.2, 0.25) is 0 Å². The van der Waals surface area contributed by atoms with Crippen molar-refractivity contribution in [3.05, 3.63) is 30.3 Å². The quantitative estimate of drug-likeness (QED) is 0.855. The van der Waals surface area contributed by atoms with E-state index in [2.05, 4.69) is 42.1 Å². The molecule has 2 saturated heterocycles. The van der Waals surface area contributed by atoms with Crippen LogP contribution in [0.4, 0.5) is 0 Å². The fourth-order valence-electron chi connectivity index (χ4n) is 3.37. The van der Waals surface area contributed by atoms with Gasteiger partial charge in [-0.1, -0.05) is 18.2 Å². The van der Waals surface area contributed by atoms with Crippen molar-refractivity contribution in [3.8, 4) is 0 Å². The van der Waals surface area contributed by atoms with Crippen molar-refractivity contribution >= 4 is 23.5 Å². The SMILES string of the molecule is NC(CSc1ccccc1)C1CCOC2(CCSCC2)C1. The first kappa shape index (κ1) is 15.7. The highest BCUT2D eigenvalue weighted by atomic mass is 32.2. The van der Waals surface area contributed by atoms with Crippen molar-refractivity contribution in [1.29, 1.82) is 0 Å². The summed E-state index contributed by atoms with van der Waals surface area (Å²) in [5, 5.41) is 0. The van der Waals surface area contributed by atoms with Crippen molar-refractivity contribution in [2.45, 2.75) is 42.2 Å². The molecular formula is C17H25NOS2. The molecule has 2 nitrogen and oxygen atoms in total. The Kier molecular flexibility index (Phi) is 5.54. The van der Waals surface area contributed by atoms with E-state index < -0.39 is 0 Å². The summed E-state index contributed by atoms with van der Waals surface area (Å²) in [5.41, 5.74) is 6.66. The van der Waals surface area contributed by atoms with E-state index in [-0.39, 0.29) is 11.6 Å². The zero-order valence-corrected chi connectivity index (χ0v) is 14.1. The van der Waals surface area contributed by atoms with Crippen molar-refractivity contribution in [2.75, 3.05) is 23.9 Å². The molecule has 2 N–H and O–H groups in total. The summed E-state index contributed by atoms with van der Waals surface area (Å²) in [6.07, 6.45) is 4.73. The third-order valence-electron chi connectivity index (χ3n) is 4.73. The van der Waals surface area contributed by atoms with E-state index in [1.165, 1.54) is 35.7 Å². The molecule has 2 fully saturated rings. The predicted molar refractivity (Wildman–Crippen MR) is 93.1 cm³/mol. The number of thioether (sulfide) groups is 2. The van der Waals surface area contributed by atoms with Crippen LogP contribution < -0.4 is 5.73 Å². The van der Waals surface area contributed by atoms with Crippen LogP contribution in [0.25, 0.3) is 0 Å². The summed E-state index contributed by atoms with van der Waals surface area (Å²) in [4.78, 5) is 1.32. The molecule has 1 aromatic rings. The maximum absolute atomic E-state index is 6.50. The molecule has 4 heteroatoms. The van der Waals surface area contributed by atoms with E-state index in [0.717, 1.165) is 18.8 Å². The fourth-order valence-corrected chi connectivity index (χ4v) is 5.61. The number of rotatable bonds is 4. The van der Waals surface area contributed by atoms with Crippen LogP contribution in [-0.4, -0.2) is 35.5 Å². The standard InChI is InChI=1S/C17H25NOS2/c18-16(13-21-15-4-2-1-3-5-15)14-6-9-19-17(12-14)7-10-20-11-8-17/h1-5,14,16H,6-13,18H2. The summed E-state index contributed by atoms with van der Waals surface area (Å²) >= 11 is 3.95. The van der Waals surface area contributed by atoms with Gasteiger partial charge in [0.1, 0.15) is 0 Å². The lowest BCUT2D eigenvalue weighted by Gasteiger charge is -2.44. The van der Waals surface area contributed by atoms with Gasteiger partial charge in [-0.25, -0.2) is 0 Å². The lowest BCUT2D eigenvalue weighted by molar-refractivity contribution is -0.104. The van der Waals surface area contributed by atoms with Crippen molar-refractivity contribution < 1.29 is 4.74 Å². The van der Waals surface area contributed by atoms with Gasteiger partial charge in [0.05, 0.1) is 5.60 Å². The van der Waals surface area contributed by atoms with Gasteiger partial charge in [-0.3, -0.25) is 0 Å². The lowest BCUT2D eigenvalue weighted by Crippen LogP contribution is -2.47. The van der Waals surface area contributed by atoms with Crippen LogP contribution in [0.5, 0.6) is 0 Å². The summed E-state index contributed by atoms with van der Waals surface area (Å²) in [6, 6.07) is 10.9. The molecule has 0 aliphatic carbocycles. The highest BCUT2D eigenvalue weighted by molar-refractivity contribution is 7.99. The van der Waals surface area contributed by atoms with E-state index in [1.807, 2.05) is 11.8 Å². The molecule has 2 heterocycles. The molecule has 21 heavy (non-hydrogen) atoms. The van der Waals surface area contributed by atoms with Crippen LogP contribution in [0.15, 0.2) is 35.2 Å². The monoisotopic (exact) mass is 323 g/mol. The van der Waals surface area contributed by atoms with Crippen molar-refractivity contribution in [1.82, 2.24) is 0 Å². The Labute approximate surface area is 136 Å². The van der Waals surface area contributed by atoms with Crippen LogP contribution in [0, 0.1) is 5.92 Å². The van der Waals surface area contributed by atoms with Crippen molar-refractivity contribution in [2.24, 2.45) is 11.7 Å². The smallest absolute Gasteiger partial charge is 0.0701 e. The number of nitrogens with two attached hydrogens (primary N) is 1. The fraction of sp³-hybridized carbons (Fsp3) is 0.647. The molecule has 1 spiro atoms. The van der Waals surface area contributed by atoms with Crippen LogP contribution in [0.3, 0.4) is 0 Å². The maximum atomic E-state index is 6.50. The lowest BCUT2D eigenvalue weighted by atomic mass is 9.79. The van der Waals surface area contributed by atoms with Crippen LogP contribution in [0.2, 0.25) is 0 Å². The molecule has 1 aromatic carbocycles. The second kappa shape index (κ2) is 7.40. The molecule has 116 valence electrons. The van der Waals surface area contributed by atoms with Crippen LogP contribution in [0.1, 0.15) is 25.7 Å². The van der Waals surface area contributed by atoms with E-state index in [0.29, 0.717) is 5.92 Å². The molecule has 2 atom stereocenters. The van der Waals surface area contributed by atoms with Gasteiger partial charge in [0, 0.05) is 23.3 Å². The Bertz CT molecular complexity index is 428. The van der Waals surface area contributed by atoms with E-state index in [4.69, 9.17) is 10.5 Å². The van der Waals surface area contributed by atoms with Crippen molar-refractivity contribution in [3.63, 3.8) is 0 Å². The molecule has 0 bridgehead atoms. The molecule has 0 saturated carbocycles.